The molecule has 3 N–H and O–H groups in total. The lowest BCUT2D eigenvalue weighted by atomic mass is 10.1. The van der Waals surface area contributed by atoms with Crippen molar-refractivity contribution >= 4 is 17.4 Å². The van der Waals surface area contributed by atoms with Crippen LogP contribution in [0.4, 0.5) is 11.5 Å². The number of nitrogens with one attached hydrogen (secondary N) is 1. The van der Waals surface area contributed by atoms with Gasteiger partial charge in [-0.3, -0.25) is 24.0 Å². The van der Waals surface area contributed by atoms with Crippen LogP contribution in [0.25, 0.3) is 0 Å². The summed E-state index contributed by atoms with van der Waals surface area (Å²) in [7, 11) is 1.49. The minimum Gasteiger partial charge on any atom is -0.457 e. The zero-order chi connectivity index (χ0) is 25.5. The van der Waals surface area contributed by atoms with Crippen LogP contribution in [0.3, 0.4) is 0 Å². The lowest BCUT2D eigenvalue weighted by molar-refractivity contribution is 0.0984. The van der Waals surface area contributed by atoms with Crippen LogP contribution in [0, 0.1) is 0 Å². The fourth-order valence-electron chi connectivity index (χ4n) is 3.73. The molecule has 9 heteroatoms. The molecule has 3 aromatic carbocycles. The zero-order valence-corrected chi connectivity index (χ0v) is 19.7. The topological polar surface area (TPSA) is 120 Å². The number of rotatable bonds is 9. The van der Waals surface area contributed by atoms with Gasteiger partial charge < -0.3 is 15.2 Å². The van der Waals surface area contributed by atoms with Crippen LogP contribution in [-0.2, 0) is 17.8 Å². The van der Waals surface area contributed by atoms with Gasteiger partial charge in [0.25, 0.3) is 11.5 Å². The van der Waals surface area contributed by atoms with Gasteiger partial charge in [0.15, 0.2) is 5.69 Å². The minimum absolute atomic E-state index is 0.0548. The Kier molecular flexibility index (Phi) is 7.62. The highest BCUT2D eigenvalue weighted by Gasteiger charge is 2.26. The average Bonchev–Trinajstić information content (AvgIpc) is 2.89. The second-order valence-electron chi connectivity index (χ2n) is 7.96. The highest BCUT2D eigenvalue weighted by Crippen LogP contribution is 2.26. The number of aromatic amines is 1. The van der Waals surface area contributed by atoms with E-state index < -0.39 is 17.2 Å². The lowest BCUT2D eigenvalue weighted by Crippen LogP contribution is -2.41. The quantitative estimate of drug-likeness (QED) is 0.374. The third-order valence-corrected chi connectivity index (χ3v) is 5.49. The van der Waals surface area contributed by atoms with Crippen molar-refractivity contribution in [3.63, 3.8) is 0 Å². The maximum absolute atomic E-state index is 13.8. The Morgan fingerprint density at radius 3 is 2.31 bits per heavy atom. The molecule has 0 saturated heterocycles. The van der Waals surface area contributed by atoms with E-state index in [4.69, 9.17) is 15.2 Å². The number of amides is 1. The lowest BCUT2D eigenvalue weighted by Gasteiger charge is -2.25. The van der Waals surface area contributed by atoms with Crippen LogP contribution < -0.4 is 26.6 Å². The summed E-state index contributed by atoms with van der Waals surface area (Å²) in [5.41, 5.74) is 5.80. The molecule has 0 fully saturated rings. The standard InChI is InChI=1S/C27H26N4O5/c1-35-16-15-30-24(28)23(25(32)29-27(30)34)31(18-19-9-4-2-5-10-19)26(33)20-11-8-14-22(17-20)36-21-12-6-3-7-13-21/h2-14,17H,15-16,18,28H2,1H3,(H,29,32,34). The molecule has 1 heterocycles. The fourth-order valence-corrected chi connectivity index (χ4v) is 3.73. The van der Waals surface area contributed by atoms with Gasteiger partial charge in [-0.2, -0.15) is 0 Å². The number of carbonyl (C=O) groups is 1. The number of hydrogen-bond acceptors (Lipinski definition) is 6. The van der Waals surface area contributed by atoms with Gasteiger partial charge in [-0.15, -0.1) is 0 Å². The van der Waals surface area contributed by atoms with E-state index >= 15 is 0 Å². The first-order valence-electron chi connectivity index (χ1n) is 11.3. The smallest absolute Gasteiger partial charge is 0.330 e. The molecule has 1 aromatic heterocycles. The van der Waals surface area contributed by atoms with Crippen molar-refractivity contribution in [2.45, 2.75) is 13.1 Å². The van der Waals surface area contributed by atoms with Crippen LogP contribution in [0.15, 0.2) is 94.5 Å². The van der Waals surface area contributed by atoms with Gasteiger partial charge >= 0.3 is 5.69 Å². The number of nitrogens with two attached hydrogens (primary N) is 1. The Hall–Kier alpha value is -4.63. The van der Waals surface area contributed by atoms with E-state index in [9.17, 15) is 14.4 Å². The first kappa shape index (κ1) is 24.5. The third-order valence-electron chi connectivity index (χ3n) is 5.49. The third kappa shape index (κ3) is 5.53. The van der Waals surface area contributed by atoms with Crippen molar-refractivity contribution in [1.29, 1.82) is 0 Å². The van der Waals surface area contributed by atoms with E-state index in [1.54, 1.807) is 36.4 Å². The number of aromatic nitrogens is 2. The number of hydrogen-bond donors (Lipinski definition) is 2. The van der Waals surface area contributed by atoms with Gasteiger partial charge in [-0.25, -0.2) is 4.79 Å². The maximum Gasteiger partial charge on any atom is 0.330 e. The number of para-hydroxylation sites is 1. The number of nitrogens with zero attached hydrogens (tertiary/aromatic N) is 2. The SMILES string of the molecule is COCCn1c(N)c(N(Cc2ccccc2)C(=O)c2cccc(Oc3ccccc3)c2)c(=O)[nH]c1=O. The number of benzene rings is 3. The van der Waals surface area contributed by atoms with Crippen LogP contribution in [0.1, 0.15) is 15.9 Å². The van der Waals surface area contributed by atoms with E-state index in [0.29, 0.717) is 11.5 Å². The molecule has 184 valence electrons. The molecule has 0 aliphatic heterocycles. The van der Waals surface area contributed by atoms with Gasteiger partial charge in [0.2, 0.25) is 0 Å². The molecule has 0 aliphatic carbocycles. The number of methoxy groups -OCH3 is 1. The maximum atomic E-state index is 13.8. The Morgan fingerprint density at radius 2 is 1.61 bits per heavy atom. The van der Waals surface area contributed by atoms with E-state index in [0.717, 1.165) is 5.56 Å². The molecule has 0 spiro atoms. The van der Waals surface area contributed by atoms with Gasteiger partial charge in [-0.1, -0.05) is 54.6 Å². The van der Waals surface area contributed by atoms with Crippen molar-refractivity contribution < 1.29 is 14.3 Å². The molecule has 4 rings (SSSR count). The van der Waals surface area contributed by atoms with Gasteiger partial charge in [0.1, 0.15) is 17.3 Å². The Morgan fingerprint density at radius 1 is 0.944 bits per heavy atom. The predicted octanol–water partition coefficient (Wildman–Crippen LogP) is 3.40. The molecular weight excluding hydrogens is 460 g/mol. The molecule has 1 amide bonds. The molecule has 4 aromatic rings. The number of ether oxygens (including phenoxy) is 2. The van der Waals surface area contributed by atoms with Crippen LogP contribution in [0.2, 0.25) is 0 Å². The van der Waals surface area contributed by atoms with E-state index in [1.807, 2.05) is 48.5 Å². The minimum atomic E-state index is -0.757. The zero-order valence-electron chi connectivity index (χ0n) is 19.7. The molecule has 0 atom stereocenters. The van der Waals surface area contributed by atoms with E-state index in [2.05, 4.69) is 4.98 Å². The molecule has 0 aliphatic rings. The summed E-state index contributed by atoms with van der Waals surface area (Å²) in [5, 5.41) is 0. The Balaban J connectivity index is 1.77. The van der Waals surface area contributed by atoms with Gasteiger partial charge in [0, 0.05) is 12.7 Å². The first-order valence-corrected chi connectivity index (χ1v) is 11.3. The molecule has 0 unspecified atom stereocenters. The Bertz CT molecular complexity index is 1450. The monoisotopic (exact) mass is 486 g/mol. The first-order chi connectivity index (χ1) is 17.5. The summed E-state index contributed by atoms with van der Waals surface area (Å²) in [6, 6.07) is 25.0. The van der Waals surface area contributed by atoms with Crippen molar-refractivity contribution in [3.8, 4) is 11.5 Å². The number of nitrogen functional groups attached to an aromatic ring is 1. The fraction of sp³-hybridized carbons (Fsp3) is 0.148. The van der Waals surface area contributed by atoms with E-state index in [-0.39, 0.29) is 36.8 Å². The van der Waals surface area contributed by atoms with Crippen molar-refractivity contribution in [3.05, 3.63) is 117 Å². The molecule has 0 bridgehead atoms. The van der Waals surface area contributed by atoms with E-state index in [1.165, 1.54) is 16.6 Å². The average molecular weight is 487 g/mol. The summed E-state index contributed by atoms with van der Waals surface area (Å²) in [4.78, 5) is 42.7. The van der Waals surface area contributed by atoms with Crippen LogP contribution >= 0.6 is 0 Å². The molecular formula is C27H26N4O5. The number of anilines is 2. The normalized spacial score (nSPS) is 10.7. The second kappa shape index (κ2) is 11.2. The molecule has 0 radical (unpaired) electrons. The second-order valence-corrected chi connectivity index (χ2v) is 7.96. The highest BCUT2D eigenvalue weighted by atomic mass is 16.5. The number of carbonyl (C=O) groups excluding carboxylic acids is 1. The predicted molar refractivity (Wildman–Crippen MR) is 138 cm³/mol. The van der Waals surface area contributed by atoms with Gasteiger partial charge in [0.05, 0.1) is 19.7 Å². The summed E-state index contributed by atoms with van der Waals surface area (Å²) in [6.07, 6.45) is 0. The summed E-state index contributed by atoms with van der Waals surface area (Å²) in [6.45, 7) is 0.360. The van der Waals surface area contributed by atoms with Gasteiger partial charge in [-0.05, 0) is 35.9 Å². The Labute approximate surface area is 207 Å². The van der Waals surface area contributed by atoms with Crippen molar-refractivity contribution in [1.82, 2.24) is 9.55 Å². The van der Waals surface area contributed by atoms with Crippen LogP contribution in [0.5, 0.6) is 11.5 Å². The van der Waals surface area contributed by atoms with Crippen molar-refractivity contribution in [2.24, 2.45) is 0 Å². The summed E-state index contributed by atoms with van der Waals surface area (Å²) >= 11 is 0. The number of H-pyrrole nitrogens is 1. The van der Waals surface area contributed by atoms with Crippen LogP contribution in [-0.4, -0.2) is 29.2 Å². The molecule has 0 saturated carbocycles. The molecule has 36 heavy (non-hydrogen) atoms. The highest BCUT2D eigenvalue weighted by molar-refractivity contribution is 6.07. The largest absolute Gasteiger partial charge is 0.457 e. The van der Waals surface area contributed by atoms with Crippen molar-refractivity contribution in [2.75, 3.05) is 24.4 Å². The summed E-state index contributed by atoms with van der Waals surface area (Å²) in [5.74, 6) is 0.473. The summed E-state index contributed by atoms with van der Waals surface area (Å²) < 4.78 is 12.1. The molecule has 9 nitrogen and oxygen atoms in total.